The molecule has 8 aliphatic heterocycles. The van der Waals surface area contributed by atoms with E-state index in [9.17, 15) is 58.8 Å². The van der Waals surface area contributed by atoms with Gasteiger partial charge in [0.15, 0.2) is 0 Å². The molecule has 0 bridgehead atoms. The summed E-state index contributed by atoms with van der Waals surface area (Å²) >= 11 is 0. The minimum Gasteiger partial charge on any atom is -0.508 e. The summed E-state index contributed by atoms with van der Waals surface area (Å²) in [5.41, 5.74) is 7.01. The van der Waals surface area contributed by atoms with Gasteiger partial charge in [0.2, 0.25) is 0 Å². The number of benzene rings is 7. The molecule has 0 saturated heterocycles. The molecule has 4 aromatic heterocycles. The Hall–Kier alpha value is -13.1. The zero-order valence-corrected chi connectivity index (χ0v) is 68.0. The van der Waals surface area contributed by atoms with Gasteiger partial charge in [0.05, 0.1) is 44.1 Å². The largest absolute Gasteiger partial charge is 0.508 e. The molecule has 11 aromatic rings. The average molecular weight is 1640 g/mol. The topological polar surface area (TPSA) is 314 Å². The molecule has 28 heteroatoms. The summed E-state index contributed by atoms with van der Waals surface area (Å²) in [7, 11) is 1.51. The maximum absolute atomic E-state index is 13.8. The number of aromatic nitrogens is 12. The molecule has 12 aliphatic rings. The molecule has 4 fully saturated rings. The van der Waals surface area contributed by atoms with Gasteiger partial charge < -0.3 is 39.4 Å². The lowest BCUT2D eigenvalue weighted by atomic mass is 9.79. The van der Waals surface area contributed by atoms with E-state index in [1.54, 1.807) is 104 Å². The number of phenolic OH excluding ortho intramolecular Hbond substituents is 4. The predicted octanol–water partition coefficient (Wildman–Crippen LogP) is 11.2. The van der Waals surface area contributed by atoms with Crippen molar-refractivity contribution in [3.8, 4) is 57.4 Å². The minimum atomic E-state index is -0.497. The van der Waals surface area contributed by atoms with Crippen LogP contribution in [0.4, 0.5) is 0 Å². The number of ether oxygens (including phenoxy) is 4. The summed E-state index contributed by atoms with van der Waals surface area (Å²) in [6.45, 7) is 9.97. The first-order chi connectivity index (χ1) is 58.3. The molecular weight excluding hydrogens is 1540 g/mol. The molecular formula is C93H94N12O16. The fourth-order valence-electron chi connectivity index (χ4n) is 21.4. The van der Waals surface area contributed by atoms with E-state index in [-0.39, 0.29) is 86.5 Å². The Morgan fingerprint density at radius 3 is 1.00 bits per heavy atom. The molecule has 12 heterocycles. The van der Waals surface area contributed by atoms with Crippen molar-refractivity contribution in [1.29, 1.82) is 0 Å². The number of hydrogen-bond acceptors (Lipinski definition) is 16. The Morgan fingerprint density at radius 2 is 0.661 bits per heavy atom. The van der Waals surface area contributed by atoms with E-state index < -0.39 is 40.5 Å². The number of phenols is 4. The number of rotatable bonds is 4. The third kappa shape index (κ3) is 12.0. The first-order valence-corrected chi connectivity index (χ1v) is 42.1. The van der Waals surface area contributed by atoms with Crippen molar-refractivity contribution < 1.29 is 39.4 Å². The van der Waals surface area contributed by atoms with Crippen LogP contribution in [0.3, 0.4) is 0 Å². The molecule has 622 valence electrons. The number of fused-ring (bicyclic) bond motifs is 24. The molecule has 4 atom stereocenters. The van der Waals surface area contributed by atoms with Gasteiger partial charge >= 0.3 is 45.5 Å². The number of aromatic hydroxyl groups is 4. The third-order valence-corrected chi connectivity index (χ3v) is 27.2. The Morgan fingerprint density at radius 1 is 0.355 bits per heavy atom. The van der Waals surface area contributed by atoms with E-state index in [1.807, 2.05) is 79.7 Å². The van der Waals surface area contributed by atoms with Crippen LogP contribution < -0.4 is 64.5 Å². The fraction of sp³-hybridized carbons (Fsp3) is 0.376. The van der Waals surface area contributed by atoms with E-state index in [2.05, 4.69) is 39.0 Å². The van der Waals surface area contributed by atoms with Crippen molar-refractivity contribution in [2.24, 2.45) is 7.05 Å². The van der Waals surface area contributed by atoms with Crippen molar-refractivity contribution in [1.82, 2.24) is 55.7 Å². The SMILES string of the molecule is CC(C)(C)c1ccc(-n2c(=O)n3n(c2=O)C2C(=CC3)C3(CCCC3)Oc3cc(O)ccc32)cc1.Cc1ccc(-n2c(=O)n3n(c2=O)C2C(=CC3)C3(CCCC3)Oc3cc(O)ccc32)cc1.Cn1c(=O)n2n(c1=O)C1C(=CC2)C2(CCCC2)Oc2cc(O)ccc21.O=c1n(Cc2ccccc2)c(=O)n2n1CC=C1C2c2ccc(O)cc2OC12CCCC2. The van der Waals surface area contributed by atoms with Crippen LogP contribution in [0.1, 0.15) is 187 Å². The lowest BCUT2D eigenvalue weighted by Crippen LogP contribution is -2.48. The van der Waals surface area contributed by atoms with Gasteiger partial charge in [0.25, 0.3) is 0 Å². The highest BCUT2D eigenvalue weighted by atomic mass is 16.5. The number of nitrogens with zero attached hydrogens (tertiary/aromatic N) is 12. The van der Waals surface area contributed by atoms with Gasteiger partial charge in [-0.3, -0.25) is 0 Å². The molecule has 121 heavy (non-hydrogen) atoms. The molecule has 23 rings (SSSR count). The van der Waals surface area contributed by atoms with E-state index in [0.29, 0.717) is 60.6 Å². The summed E-state index contributed by atoms with van der Waals surface area (Å²) in [6, 6.07) is 43.0. The zero-order chi connectivity index (χ0) is 83.7. The van der Waals surface area contributed by atoms with Gasteiger partial charge in [0.1, 0.15) is 92.6 Å². The predicted molar refractivity (Wildman–Crippen MR) is 449 cm³/mol. The number of allylic oxidation sites excluding steroid dienone is 4. The third-order valence-electron chi connectivity index (χ3n) is 27.2. The summed E-state index contributed by atoms with van der Waals surface area (Å²) in [4.78, 5) is 106. The van der Waals surface area contributed by atoms with Crippen LogP contribution in [0.2, 0.25) is 0 Å². The van der Waals surface area contributed by atoms with Gasteiger partial charge in [0, 0.05) is 75.9 Å². The van der Waals surface area contributed by atoms with Crippen LogP contribution in [0.15, 0.2) is 237 Å². The van der Waals surface area contributed by atoms with Crippen LogP contribution in [0, 0.1) is 6.92 Å². The van der Waals surface area contributed by atoms with Crippen LogP contribution in [-0.4, -0.2) is 98.6 Å². The first-order valence-electron chi connectivity index (χ1n) is 42.1. The van der Waals surface area contributed by atoms with Gasteiger partial charge in [-0.2, -0.15) is 0 Å². The van der Waals surface area contributed by atoms with Gasteiger partial charge in [-0.25, -0.2) is 94.1 Å². The standard InChI is InChI=1S/C27H29N3O4.2C24H23N3O4.C18H19N3O4/c1-26(2,3)17-6-8-18(9-7-17)29-24(32)28-15-12-21-23(30(28)25(29)33)20-11-10-19(31)16-22(20)34-27(21)13-4-5-14-27;1-15-4-6-16(7-5-15)26-22(29)25-13-10-19-21(27(25)23(26)30)18-9-8-17(28)14-20(18)31-24(19)11-2-3-12-24;28-17-8-9-18-20(14-17)31-24(11-4-5-12-24)19-10-13-26-22(29)25(23(30)27(26)21(18)19)15-16-6-2-1-3-7-16;1-19-16(23)20-9-6-13-15(21(20)17(19)24)12-5-4-11(22)10-14(12)25-18(13)7-2-3-8-18/h6-12,16,23,31H,4-5,13-15H2,1-3H3;4-10,14,21,28H,2-3,11-13H2,1H3;1-3,6-10,14,21,28H,4-5,11-13,15H2;4-6,10,15,22H,2-3,7-9H2,1H3. The summed E-state index contributed by atoms with van der Waals surface area (Å²) in [6.07, 6.45) is 23.6. The summed E-state index contributed by atoms with van der Waals surface area (Å²) in [5, 5.41) is 40.1. The normalized spacial score (nSPS) is 20.9. The van der Waals surface area contributed by atoms with Gasteiger partial charge in [-0.15, -0.1) is 0 Å². The van der Waals surface area contributed by atoms with E-state index >= 15 is 0 Å². The van der Waals surface area contributed by atoms with E-state index in [4.69, 9.17) is 18.9 Å². The molecule has 4 spiro atoms. The van der Waals surface area contributed by atoms with Crippen molar-refractivity contribution in [2.45, 2.75) is 215 Å². The molecule has 0 radical (unpaired) electrons. The second-order valence-corrected chi connectivity index (χ2v) is 35.3. The summed E-state index contributed by atoms with van der Waals surface area (Å²) < 4.78 is 43.2. The highest BCUT2D eigenvalue weighted by molar-refractivity contribution is 5.57. The maximum Gasteiger partial charge on any atom is 0.352 e. The molecule has 4 unspecified atom stereocenters. The van der Waals surface area contributed by atoms with Crippen molar-refractivity contribution >= 4 is 0 Å². The molecule has 4 saturated carbocycles. The maximum atomic E-state index is 13.8. The zero-order valence-electron chi connectivity index (χ0n) is 68.0. The molecule has 7 aromatic carbocycles. The smallest absolute Gasteiger partial charge is 0.352 e. The quantitative estimate of drug-likeness (QED) is 0.119. The second-order valence-electron chi connectivity index (χ2n) is 35.3. The van der Waals surface area contributed by atoms with Crippen LogP contribution in [0.5, 0.6) is 46.0 Å². The number of aryl methyl sites for hydroxylation is 1. The lowest BCUT2D eigenvalue weighted by molar-refractivity contribution is 0.0828. The Bertz CT molecular complexity index is 6760. The van der Waals surface area contributed by atoms with E-state index in [0.717, 1.165) is 169 Å². The molecule has 28 nitrogen and oxygen atoms in total. The van der Waals surface area contributed by atoms with Crippen molar-refractivity contribution in [3.63, 3.8) is 0 Å². The van der Waals surface area contributed by atoms with Crippen molar-refractivity contribution in [2.75, 3.05) is 0 Å². The second kappa shape index (κ2) is 28.3. The Kier molecular flexibility index (Phi) is 17.9. The van der Waals surface area contributed by atoms with Gasteiger partial charge in [-0.1, -0.05) is 105 Å². The van der Waals surface area contributed by atoms with Crippen molar-refractivity contribution in [3.05, 3.63) is 321 Å². The van der Waals surface area contributed by atoms with Crippen LogP contribution in [0.25, 0.3) is 11.4 Å². The number of hydrogen-bond donors (Lipinski definition) is 4. The average Bonchev–Trinajstić information content (AvgIpc) is 1.61. The molecule has 4 N–H and O–H groups in total. The molecule has 4 aliphatic carbocycles. The lowest BCUT2D eigenvalue weighted by Gasteiger charge is -2.44. The first kappa shape index (κ1) is 76.5. The van der Waals surface area contributed by atoms with Crippen LogP contribution in [-0.2, 0) is 45.2 Å². The Labute approximate surface area is 692 Å². The molecule has 0 amide bonds. The van der Waals surface area contributed by atoms with Gasteiger partial charge in [-0.05, 0) is 199 Å². The minimum absolute atomic E-state index is 0.0235. The highest BCUT2D eigenvalue weighted by Crippen LogP contribution is 2.58. The monoisotopic (exact) mass is 1630 g/mol. The van der Waals surface area contributed by atoms with Crippen LogP contribution >= 0.6 is 0 Å². The fourth-order valence-corrected chi connectivity index (χ4v) is 21.4. The highest BCUT2D eigenvalue weighted by Gasteiger charge is 2.55. The Balaban J connectivity index is 0.000000103. The summed E-state index contributed by atoms with van der Waals surface area (Å²) in [5.74, 6) is 2.86. The van der Waals surface area contributed by atoms with E-state index in [1.165, 1.54) is 39.5 Å².